The second kappa shape index (κ2) is 20.4. The Morgan fingerprint density at radius 1 is 0.646 bits per heavy atom. The Hall–Kier alpha value is -5.71. The molecule has 0 saturated heterocycles. The highest BCUT2D eigenvalue weighted by Gasteiger charge is 2.24. The van der Waals surface area contributed by atoms with Gasteiger partial charge in [-0.25, -0.2) is 0 Å². The number of benzene rings is 2. The van der Waals surface area contributed by atoms with Gasteiger partial charge < -0.3 is 53.6 Å². The summed E-state index contributed by atoms with van der Waals surface area (Å²) in [6.07, 6.45) is 1.70. The molecule has 2 aromatic carbocycles. The van der Waals surface area contributed by atoms with Crippen LogP contribution in [0.5, 0.6) is 11.5 Å². The maximum absolute atomic E-state index is 12.9. The molecule has 0 aliphatic rings. The second-order valence-electron chi connectivity index (χ2n) is 10.7. The number of phenolic OH excluding ortho intramolecular Hbond substituents is 2. The van der Waals surface area contributed by atoms with E-state index in [4.69, 9.17) is 11.5 Å². The average Bonchev–Trinajstić information content (AvgIpc) is 3.06. The molecule has 0 aliphatic carbocycles. The summed E-state index contributed by atoms with van der Waals surface area (Å²) in [5.74, 6) is -4.23. The van der Waals surface area contributed by atoms with Crippen LogP contribution in [0.2, 0.25) is 0 Å². The van der Waals surface area contributed by atoms with Crippen molar-refractivity contribution in [3.63, 3.8) is 0 Å². The predicted molar refractivity (Wildman–Crippen MR) is 172 cm³/mol. The summed E-state index contributed by atoms with van der Waals surface area (Å²) in [6.45, 7) is -1.21. The van der Waals surface area contributed by atoms with Gasteiger partial charge in [0.2, 0.25) is 41.9 Å². The van der Waals surface area contributed by atoms with Gasteiger partial charge in [-0.15, -0.1) is 0 Å². The Bertz CT molecular complexity index is 1400. The number of phenols is 2. The van der Waals surface area contributed by atoms with Gasteiger partial charge in [-0.05, 0) is 61.2 Å². The third-order valence-corrected chi connectivity index (χ3v) is 6.91. The van der Waals surface area contributed by atoms with Crippen molar-refractivity contribution in [1.82, 2.24) is 31.9 Å². The molecule has 0 heterocycles. The summed E-state index contributed by atoms with van der Waals surface area (Å²) in [6, 6.07) is 8.82. The molecule has 0 spiro atoms. The maximum atomic E-state index is 12.9. The topological polar surface area (TPSA) is 284 Å². The van der Waals surface area contributed by atoms with E-state index in [0.717, 1.165) is 0 Å². The standard InChI is InChI=1S/C31H42N8O9/c32-12-2-1-3-23(38-28(45)17-36-31(48)25(37-18-40)14-20-6-10-22(42)11-7-20)30(47)35-15-26(43)34-16-27(44)39-24(29(33)46)13-19-4-8-21(41)9-5-19/h4-11,18,23-25,41-42H,1-3,12-17,32H2,(H2,33,46)(H,34,43)(H,35,47)(H,36,48)(H,37,40)(H,38,45)(H,39,44). The molecule has 3 atom stereocenters. The molecule has 0 saturated carbocycles. The van der Waals surface area contributed by atoms with Gasteiger partial charge in [-0.3, -0.25) is 33.6 Å². The van der Waals surface area contributed by atoms with Crippen molar-refractivity contribution in [2.24, 2.45) is 11.5 Å². The van der Waals surface area contributed by atoms with Gasteiger partial charge in [-0.2, -0.15) is 0 Å². The Balaban J connectivity index is 1.84. The summed E-state index contributed by atoms with van der Waals surface area (Å²) < 4.78 is 0. The van der Waals surface area contributed by atoms with Crippen molar-refractivity contribution in [1.29, 1.82) is 0 Å². The minimum absolute atomic E-state index is 0.0307. The average molecular weight is 671 g/mol. The molecule has 17 heteroatoms. The highest BCUT2D eigenvalue weighted by molar-refractivity contribution is 5.94. The van der Waals surface area contributed by atoms with Crippen LogP contribution in [0, 0.1) is 0 Å². The zero-order valence-electron chi connectivity index (χ0n) is 26.2. The lowest BCUT2D eigenvalue weighted by atomic mass is 10.1. The van der Waals surface area contributed by atoms with Crippen molar-refractivity contribution in [2.75, 3.05) is 26.2 Å². The van der Waals surface area contributed by atoms with Crippen LogP contribution in [0.3, 0.4) is 0 Å². The molecule has 0 fully saturated rings. The van der Waals surface area contributed by atoms with Crippen molar-refractivity contribution < 1.29 is 43.8 Å². The van der Waals surface area contributed by atoms with Gasteiger partial charge >= 0.3 is 0 Å². The third-order valence-electron chi connectivity index (χ3n) is 6.91. The molecule has 260 valence electrons. The van der Waals surface area contributed by atoms with E-state index in [0.29, 0.717) is 36.9 Å². The van der Waals surface area contributed by atoms with Crippen LogP contribution in [0.1, 0.15) is 30.4 Å². The fourth-order valence-electron chi connectivity index (χ4n) is 4.34. The monoisotopic (exact) mass is 670 g/mol. The first-order chi connectivity index (χ1) is 22.9. The lowest BCUT2D eigenvalue weighted by Gasteiger charge is -2.20. The molecular formula is C31H42N8O9. The number of primary amides is 1. The Kier molecular flexibility index (Phi) is 16.4. The molecule has 2 aromatic rings. The molecule has 48 heavy (non-hydrogen) atoms. The lowest BCUT2D eigenvalue weighted by molar-refractivity contribution is -0.131. The van der Waals surface area contributed by atoms with Crippen molar-refractivity contribution >= 4 is 41.9 Å². The number of nitrogens with two attached hydrogens (primary N) is 2. The van der Waals surface area contributed by atoms with Gasteiger partial charge in [-0.1, -0.05) is 24.3 Å². The smallest absolute Gasteiger partial charge is 0.243 e. The Morgan fingerprint density at radius 2 is 1.10 bits per heavy atom. The van der Waals surface area contributed by atoms with Crippen molar-refractivity contribution in [3.8, 4) is 11.5 Å². The predicted octanol–water partition coefficient (Wildman–Crippen LogP) is -3.07. The highest BCUT2D eigenvalue weighted by Crippen LogP contribution is 2.12. The normalized spacial score (nSPS) is 12.4. The number of unbranched alkanes of at least 4 members (excludes halogenated alkanes) is 1. The number of nitrogens with one attached hydrogen (secondary N) is 6. The van der Waals surface area contributed by atoms with Crippen LogP contribution in [-0.2, 0) is 46.4 Å². The van der Waals surface area contributed by atoms with Gasteiger partial charge in [0.25, 0.3) is 0 Å². The minimum atomic E-state index is -1.08. The molecule has 7 amide bonds. The second-order valence-corrected chi connectivity index (χ2v) is 10.7. The quantitative estimate of drug-likeness (QED) is 0.0472. The van der Waals surface area contributed by atoms with E-state index in [9.17, 15) is 43.8 Å². The molecule has 0 aromatic heterocycles. The largest absolute Gasteiger partial charge is 0.508 e. The highest BCUT2D eigenvalue weighted by atomic mass is 16.3. The summed E-state index contributed by atoms with van der Waals surface area (Å²) >= 11 is 0. The number of rotatable bonds is 21. The van der Waals surface area contributed by atoms with Crippen LogP contribution in [0.4, 0.5) is 0 Å². The van der Waals surface area contributed by atoms with Crippen molar-refractivity contribution in [3.05, 3.63) is 59.7 Å². The molecule has 17 nitrogen and oxygen atoms in total. The maximum Gasteiger partial charge on any atom is 0.243 e. The zero-order chi connectivity index (χ0) is 35.5. The van der Waals surface area contributed by atoms with Crippen LogP contribution >= 0.6 is 0 Å². The van der Waals surface area contributed by atoms with Gasteiger partial charge in [0.15, 0.2) is 0 Å². The molecule has 12 N–H and O–H groups in total. The van der Waals surface area contributed by atoms with Gasteiger partial charge in [0.1, 0.15) is 29.6 Å². The first-order valence-electron chi connectivity index (χ1n) is 15.1. The van der Waals surface area contributed by atoms with Crippen LogP contribution in [0.15, 0.2) is 48.5 Å². The van der Waals surface area contributed by atoms with E-state index < -0.39 is 73.2 Å². The number of carbonyl (C=O) groups excluding carboxylic acids is 7. The minimum Gasteiger partial charge on any atom is -0.508 e. The number of amides is 7. The van der Waals surface area contributed by atoms with E-state index in [1.807, 2.05) is 0 Å². The number of carbonyl (C=O) groups is 7. The van der Waals surface area contributed by atoms with E-state index in [1.165, 1.54) is 24.3 Å². The number of hydrogen-bond donors (Lipinski definition) is 10. The third kappa shape index (κ3) is 14.6. The first-order valence-corrected chi connectivity index (χ1v) is 15.1. The molecule has 0 aliphatic heterocycles. The van der Waals surface area contributed by atoms with Crippen molar-refractivity contribution in [2.45, 2.75) is 50.2 Å². The number of aromatic hydroxyl groups is 2. The fraction of sp³-hybridized carbons (Fsp3) is 0.387. The SMILES string of the molecule is NCCCCC(NC(=O)CNC(=O)C(Cc1ccc(O)cc1)NC=O)C(=O)NCC(=O)NCC(=O)NC(Cc1ccc(O)cc1)C(N)=O. The molecule has 2 rings (SSSR count). The molecule has 0 radical (unpaired) electrons. The fourth-order valence-corrected chi connectivity index (χ4v) is 4.34. The molecule has 0 bridgehead atoms. The van der Waals surface area contributed by atoms with Gasteiger partial charge in [0.05, 0.1) is 19.6 Å². The molecule has 3 unspecified atom stereocenters. The van der Waals surface area contributed by atoms with Crippen LogP contribution in [0.25, 0.3) is 0 Å². The Morgan fingerprint density at radius 3 is 1.60 bits per heavy atom. The van der Waals surface area contributed by atoms with E-state index in [2.05, 4.69) is 31.9 Å². The summed E-state index contributed by atoms with van der Waals surface area (Å²) in [5.41, 5.74) is 12.2. The Labute approximate surface area is 276 Å². The van der Waals surface area contributed by atoms with Gasteiger partial charge in [0, 0.05) is 12.8 Å². The lowest BCUT2D eigenvalue weighted by Crippen LogP contribution is -2.53. The summed E-state index contributed by atoms with van der Waals surface area (Å²) in [4.78, 5) is 85.6. The zero-order valence-corrected chi connectivity index (χ0v) is 26.2. The molecular weight excluding hydrogens is 628 g/mol. The number of hydrogen-bond acceptors (Lipinski definition) is 10. The van der Waals surface area contributed by atoms with E-state index in [-0.39, 0.29) is 30.8 Å². The van der Waals surface area contributed by atoms with E-state index in [1.54, 1.807) is 24.3 Å². The first kappa shape index (κ1) is 38.5. The van der Waals surface area contributed by atoms with Crippen LogP contribution < -0.4 is 43.4 Å². The van der Waals surface area contributed by atoms with Crippen LogP contribution in [-0.4, -0.2) is 96.4 Å². The van der Waals surface area contributed by atoms with E-state index >= 15 is 0 Å². The summed E-state index contributed by atoms with van der Waals surface area (Å²) in [5, 5.41) is 33.3. The summed E-state index contributed by atoms with van der Waals surface area (Å²) in [7, 11) is 0.